The molecular weight excluding hydrogens is 242 g/mol. The van der Waals surface area contributed by atoms with E-state index >= 15 is 0 Å². The van der Waals surface area contributed by atoms with Crippen LogP contribution in [0.4, 0.5) is 5.69 Å². The molecule has 1 saturated carbocycles. The molecule has 5 heteroatoms. The number of carbonyl (C=O) groups excluding carboxylic acids is 2. The molecule has 1 aliphatic rings. The van der Waals surface area contributed by atoms with Gasteiger partial charge in [-0.3, -0.25) is 9.59 Å². The molecule has 5 nitrogen and oxygen atoms in total. The van der Waals surface area contributed by atoms with E-state index in [9.17, 15) is 9.59 Å². The zero-order valence-corrected chi connectivity index (χ0v) is 10.8. The van der Waals surface area contributed by atoms with E-state index in [2.05, 4.69) is 5.32 Å². The molecule has 5 N–H and O–H groups in total. The van der Waals surface area contributed by atoms with Gasteiger partial charge in [0.05, 0.1) is 0 Å². The van der Waals surface area contributed by atoms with E-state index in [1.807, 2.05) is 0 Å². The fourth-order valence-electron chi connectivity index (χ4n) is 2.49. The van der Waals surface area contributed by atoms with Gasteiger partial charge in [-0.25, -0.2) is 0 Å². The summed E-state index contributed by atoms with van der Waals surface area (Å²) in [5.74, 6) is -0.465. The quantitative estimate of drug-likeness (QED) is 0.748. The highest BCUT2D eigenvalue weighted by Crippen LogP contribution is 2.25. The molecule has 102 valence electrons. The Kier molecular flexibility index (Phi) is 4.04. The van der Waals surface area contributed by atoms with Gasteiger partial charge in [0.2, 0.25) is 11.8 Å². The number of rotatable bonds is 5. The summed E-state index contributed by atoms with van der Waals surface area (Å²) in [7, 11) is 0. The SMILES string of the molecule is NC(=O)c1cc(NCC2CCCC2)cc(C(N)=O)c1. The number of nitrogens with two attached hydrogens (primary N) is 2. The van der Waals surface area contributed by atoms with Crippen molar-refractivity contribution in [3.05, 3.63) is 29.3 Å². The summed E-state index contributed by atoms with van der Waals surface area (Å²) in [5.41, 5.74) is 11.8. The minimum absolute atomic E-state index is 0.297. The second kappa shape index (κ2) is 5.73. The fourth-order valence-corrected chi connectivity index (χ4v) is 2.49. The lowest BCUT2D eigenvalue weighted by atomic mass is 10.1. The molecule has 0 aliphatic heterocycles. The van der Waals surface area contributed by atoms with Gasteiger partial charge in [-0.2, -0.15) is 0 Å². The van der Waals surface area contributed by atoms with Crippen molar-refractivity contribution in [1.82, 2.24) is 0 Å². The van der Waals surface area contributed by atoms with Crippen molar-refractivity contribution in [3.63, 3.8) is 0 Å². The van der Waals surface area contributed by atoms with Gasteiger partial charge in [-0.05, 0) is 37.0 Å². The Labute approximate surface area is 112 Å². The molecule has 0 heterocycles. The Balaban J connectivity index is 2.13. The maximum atomic E-state index is 11.2. The van der Waals surface area contributed by atoms with Crippen LogP contribution >= 0.6 is 0 Å². The van der Waals surface area contributed by atoms with E-state index in [-0.39, 0.29) is 0 Å². The summed E-state index contributed by atoms with van der Waals surface area (Å²) < 4.78 is 0. The van der Waals surface area contributed by atoms with Gasteiger partial charge in [-0.15, -0.1) is 0 Å². The first-order chi connectivity index (χ1) is 9.06. The van der Waals surface area contributed by atoms with E-state index in [0.29, 0.717) is 17.0 Å². The van der Waals surface area contributed by atoms with Crippen molar-refractivity contribution in [2.45, 2.75) is 25.7 Å². The Morgan fingerprint density at radius 1 is 1.05 bits per heavy atom. The molecule has 0 bridgehead atoms. The Hall–Kier alpha value is -2.04. The van der Waals surface area contributed by atoms with Crippen LogP contribution in [0, 0.1) is 5.92 Å². The van der Waals surface area contributed by atoms with Crippen molar-refractivity contribution in [3.8, 4) is 0 Å². The predicted octanol–water partition coefficient (Wildman–Crippen LogP) is 1.49. The zero-order valence-electron chi connectivity index (χ0n) is 10.8. The van der Waals surface area contributed by atoms with Gasteiger partial charge in [0.25, 0.3) is 0 Å². The molecule has 2 rings (SSSR count). The van der Waals surface area contributed by atoms with Crippen LogP contribution in [0.15, 0.2) is 18.2 Å². The first-order valence-electron chi connectivity index (χ1n) is 6.55. The second-order valence-electron chi connectivity index (χ2n) is 5.06. The van der Waals surface area contributed by atoms with Crippen LogP contribution in [0.25, 0.3) is 0 Å². The molecule has 0 aromatic heterocycles. The van der Waals surface area contributed by atoms with Crippen LogP contribution in [-0.4, -0.2) is 18.4 Å². The summed E-state index contributed by atoms with van der Waals surface area (Å²) >= 11 is 0. The van der Waals surface area contributed by atoms with Crippen LogP contribution in [-0.2, 0) is 0 Å². The Bertz CT molecular complexity index is 461. The summed E-state index contributed by atoms with van der Waals surface area (Å²) in [6.45, 7) is 0.848. The highest BCUT2D eigenvalue weighted by atomic mass is 16.1. The highest BCUT2D eigenvalue weighted by Gasteiger charge is 2.15. The largest absolute Gasteiger partial charge is 0.385 e. The first-order valence-corrected chi connectivity index (χ1v) is 6.55. The molecule has 0 radical (unpaired) electrons. The zero-order chi connectivity index (χ0) is 13.8. The number of hydrogen-bond acceptors (Lipinski definition) is 3. The lowest BCUT2D eigenvalue weighted by Gasteiger charge is -2.13. The summed E-state index contributed by atoms with van der Waals surface area (Å²) in [5, 5.41) is 3.26. The summed E-state index contributed by atoms with van der Waals surface area (Å²) in [6, 6.07) is 4.73. The molecule has 0 atom stereocenters. The topological polar surface area (TPSA) is 98.2 Å². The van der Waals surface area contributed by atoms with Crippen LogP contribution < -0.4 is 16.8 Å². The van der Waals surface area contributed by atoms with E-state index in [1.165, 1.54) is 31.7 Å². The van der Waals surface area contributed by atoms with E-state index < -0.39 is 11.8 Å². The van der Waals surface area contributed by atoms with Crippen molar-refractivity contribution >= 4 is 17.5 Å². The van der Waals surface area contributed by atoms with Crippen molar-refractivity contribution in [1.29, 1.82) is 0 Å². The predicted molar refractivity (Wildman–Crippen MR) is 73.9 cm³/mol. The number of carbonyl (C=O) groups is 2. The molecule has 2 amide bonds. The molecule has 0 spiro atoms. The van der Waals surface area contributed by atoms with E-state index in [0.717, 1.165) is 12.2 Å². The number of hydrogen-bond donors (Lipinski definition) is 3. The van der Waals surface area contributed by atoms with Gasteiger partial charge in [0.15, 0.2) is 0 Å². The number of primary amides is 2. The molecule has 1 fully saturated rings. The fraction of sp³-hybridized carbons (Fsp3) is 0.429. The molecule has 1 aliphatic carbocycles. The van der Waals surface area contributed by atoms with Crippen LogP contribution in [0.3, 0.4) is 0 Å². The van der Waals surface area contributed by atoms with E-state index in [1.54, 1.807) is 12.1 Å². The van der Waals surface area contributed by atoms with E-state index in [4.69, 9.17) is 11.5 Å². The smallest absolute Gasteiger partial charge is 0.248 e. The molecule has 0 saturated heterocycles. The lowest BCUT2D eigenvalue weighted by molar-refractivity contribution is 0.0999. The normalized spacial score (nSPS) is 15.4. The van der Waals surface area contributed by atoms with Gasteiger partial charge in [0.1, 0.15) is 0 Å². The summed E-state index contributed by atoms with van der Waals surface area (Å²) in [6.07, 6.45) is 5.01. The van der Waals surface area contributed by atoms with Crippen molar-refractivity contribution in [2.24, 2.45) is 17.4 Å². The van der Waals surface area contributed by atoms with Crippen LogP contribution in [0.2, 0.25) is 0 Å². The number of amides is 2. The first kappa shape index (κ1) is 13.4. The number of benzene rings is 1. The van der Waals surface area contributed by atoms with Crippen LogP contribution in [0.5, 0.6) is 0 Å². The van der Waals surface area contributed by atoms with Gasteiger partial charge in [-0.1, -0.05) is 12.8 Å². The molecule has 1 aromatic rings. The van der Waals surface area contributed by atoms with Gasteiger partial charge >= 0.3 is 0 Å². The Morgan fingerprint density at radius 3 is 2.05 bits per heavy atom. The summed E-state index contributed by atoms with van der Waals surface area (Å²) in [4.78, 5) is 22.5. The third kappa shape index (κ3) is 3.47. The Morgan fingerprint density at radius 2 is 1.58 bits per heavy atom. The molecule has 1 aromatic carbocycles. The number of anilines is 1. The lowest BCUT2D eigenvalue weighted by Crippen LogP contribution is -2.17. The highest BCUT2D eigenvalue weighted by molar-refractivity contribution is 5.99. The van der Waals surface area contributed by atoms with Crippen molar-refractivity contribution < 1.29 is 9.59 Å². The monoisotopic (exact) mass is 261 g/mol. The third-order valence-corrected chi connectivity index (χ3v) is 3.57. The molecular formula is C14H19N3O2. The minimum Gasteiger partial charge on any atom is -0.385 e. The van der Waals surface area contributed by atoms with Crippen LogP contribution in [0.1, 0.15) is 46.4 Å². The maximum Gasteiger partial charge on any atom is 0.248 e. The van der Waals surface area contributed by atoms with Crippen molar-refractivity contribution in [2.75, 3.05) is 11.9 Å². The second-order valence-corrected chi connectivity index (χ2v) is 5.06. The minimum atomic E-state index is -0.563. The maximum absolute atomic E-state index is 11.2. The number of nitrogens with one attached hydrogen (secondary N) is 1. The third-order valence-electron chi connectivity index (χ3n) is 3.57. The van der Waals surface area contributed by atoms with Gasteiger partial charge < -0.3 is 16.8 Å². The van der Waals surface area contributed by atoms with Gasteiger partial charge in [0, 0.05) is 23.4 Å². The molecule has 19 heavy (non-hydrogen) atoms. The average Bonchev–Trinajstić information content (AvgIpc) is 2.89. The standard InChI is InChI=1S/C14H19N3O2/c15-13(18)10-5-11(14(16)19)7-12(6-10)17-8-9-3-1-2-4-9/h5-7,9,17H,1-4,8H2,(H2,15,18)(H2,16,19). The molecule has 0 unspecified atom stereocenters. The average molecular weight is 261 g/mol.